The van der Waals surface area contributed by atoms with E-state index >= 15 is 0 Å². The minimum Gasteiger partial charge on any atom is -0.491 e. The molecule has 0 spiro atoms. The van der Waals surface area contributed by atoms with Crippen LogP contribution in [-0.2, 0) is 6.54 Å². The predicted molar refractivity (Wildman–Crippen MR) is 83.8 cm³/mol. The predicted octanol–water partition coefficient (Wildman–Crippen LogP) is 3.97. The van der Waals surface area contributed by atoms with E-state index in [1.54, 1.807) is 18.2 Å². The lowest BCUT2D eigenvalue weighted by molar-refractivity contribution is 0.242. The van der Waals surface area contributed by atoms with Gasteiger partial charge in [0.05, 0.1) is 12.2 Å². The van der Waals surface area contributed by atoms with E-state index in [0.29, 0.717) is 12.1 Å². The molecule has 0 aliphatic carbocycles. The Morgan fingerprint density at radius 2 is 1.95 bits per heavy atom. The summed E-state index contributed by atoms with van der Waals surface area (Å²) < 4.78 is 19.2. The number of hydrogen-bond acceptors (Lipinski definition) is 3. The van der Waals surface area contributed by atoms with Gasteiger partial charge in [-0.3, -0.25) is 5.32 Å². The number of rotatable bonds is 6. The molecule has 0 saturated carbocycles. The first-order chi connectivity index (χ1) is 10.6. The molecule has 2 rings (SSSR count). The first kappa shape index (κ1) is 16.0. The van der Waals surface area contributed by atoms with Crippen molar-refractivity contribution >= 4 is 0 Å². The molecule has 0 aliphatic heterocycles. The van der Waals surface area contributed by atoms with E-state index in [-0.39, 0.29) is 11.9 Å². The van der Waals surface area contributed by atoms with Crippen LogP contribution in [0.15, 0.2) is 48.5 Å². The van der Waals surface area contributed by atoms with Gasteiger partial charge in [0.2, 0.25) is 0 Å². The third kappa shape index (κ3) is 4.31. The number of benzene rings is 2. The zero-order valence-electron chi connectivity index (χ0n) is 12.7. The summed E-state index contributed by atoms with van der Waals surface area (Å²) in [5.74, 6) is 0.448. The molecule has 114 valence electrons. The van der Waals surface area contributed by atoms with E-state index in [4.69, 9.17) is 4.74 Å². The van der Waals surface area contributed by atoms with Crippen LogP contribution in [0.25, 0.3) is 0 Å². The van der Waals surface area contributed by atoms with Crippen LogP contribution >= 0.6 is 0 Å². The van der Waals surface area contributed by atoms with Gasteiger partial charge in [-0.1, -0.05) is 30.3 Å². The van der Waals surface area contributed by atoms with E-state index in [1.165, 1.54) is 6.07 Å². The first-order valence-corrected chi connectivity index (χ1v) is 7.23. The van der Waals surface area contributed by atoms with Gasteiger partial charge in [-0.15, -0.1) is 0 Å². The Morgan fingerprint density at radius 3 is 2.64 bits per heavy atom. The maximum Gasteiger partial charge on any atom is 0.127 e. The molecule has 3 nitrogen and oxygen atoms in total. The van der Waals surface area contributed by atoms with E-state index in [2.05, 4.69) is 11.4 Å². The molecule has 1 atom stereocenters. The van der Waals surface area contributed by atoms with Gasteiger partial charge in [-0.25, -0.2) is 4.39 Å². The fraction of sp³-hybridized carbons (Fsp3) is 0.278. The molecule has 0 heterocycles. The molecule has 1 unspecified atom stereocenters. The van der Waals surface area contributed by atoms with Gasteiger partial charge in [0, 0.05) is 12.1 Å². The summed E-state index contributed by atoms with van der Waals surface area (Å²) in [6.07, 6.45) is 0.0714. The van der Waals surface area contributed by atoms with Crippen LogP contribution in [-0.4, -0.2) is 6.10 Å². The number of ether oxygens (including phenoxy) is 1. The van der Waals surface area contributed by atoms with Crippen molar-refractivity contribution in [3.63, 3.8) is 0 Å². The normalized spacial score (nSPS) is 12.0. The summed E-state index contributed by atoms with van der Waals surface area (Å²) in [6.45, 7) is 4.19. The van der Waals surface area contributed by atoms with Crippen molar-refractivity contribution in [3.05, 3.63) is 65.5 Å². The third-order valence-corrected chi connectivity index (χ3v) is 3.15. The van der Waals surface area contributed by atoms with Gasteiger partial charge in [0.15, 0.2) is 0 Å². The van der Waals surface area contributed by atoms with Crippen molar-refractivity contribution in [2.24, 2.45) is 0 Å². The highest BCUT2D eigenvalue weighted by atomic mass is 19.1. The number of nitrogens with one attached hydrogen (secondary N) is 1. The maximum absolute atomic E-state index is 13.6. The highest BCUT2D eigenvalue weighted by molar-refractivity contribution is 5.33. The lowest BCUT2D eigenvalue weighted by atomic mass is 10.1. The number of nitrogens with zero attached hydrogens (tertiary/aromatic N) is 1. The van der Waals surface area contributed by atoms with Crippen molar-refractivity contribution in [1.29, 1.82) is 5.26 Å². The second-order valence-corrected chi connectivity index (χ2v) is 5.27. The average Bonchev–Trinajstić information content (AvgIpc) is 2.49. The summed E-state index contributed by atoms with van der Waals surface area (Å²) >= 11 is 0. The molecule has 1 N–H and O–H groups in total. The molecule has 0 aliphatic rings. The molecule has 4 heteroatoms. The Kier molecular flexibility index (Phi) is 5.51. The smallest absolute Gasteiger partial charge is 0.127 e. The van der Waals surface area contributed by atoms with Crippen molar-refractivity contribution in [3.8, 4) is 11.8 Å². The minimum atomic E-state index is -0.518. The lowest BCUT2D eigenvalue weighted by Crippen LogP contribution is -2.20. The van der Waals surface area contributed by atoms with Crippen molar-refractivity contribution in [2.75, 3.05) is 0 Å². The van der Waals surface area contributed by atoms with Crippen molar-refractivity contribution in [2.45, 2.75) is 32.5 Å². The molecular formula is C18H19FN2O. The molecule has 2 aromatic rings. The van der Waals surface area contributed by atoms with Gasteiger partial charge in [-0.2, -0.15) is 5.26 Å². The summed E-state index contributed by atoms with van der Waals surface area (Å²) in [5, 5.41) is 12.4. The second kappa shape index (κ2) is 7.58. The Balaban J connectivity index is 2.09. The largest absolute Gasteiger partial charge is 0.491 e. The fourth-order valence-corrected chi connectivity index (χ4v) is 2.13. The third-order valence-electron chi connectivity index (χ3n) is 3.15. The monoisotopic (exact) mass is 298 g/mol. The fourth-order valence-electron chi connectivity index (χ4n) is 2.13. The summed E-state index contributed by atoms with van der Waals surface area (Å²) in [5.41, 5.74) is 1.34. The maximum atomic E-state index is 13.6. The molecule has 0 saturated heterocycles. The molecule has 0 radical (unpaired) electrons. The zero-order chi connectivity index (χ0) is 15.9. The Labute approximate surface area is 130 Å². The quantitative estimate of drug-likeness (QED) is 0.877. The van der Waals surface area contributed by atoms with E-state index < -0.39 is 6.04 Å². The zero-order valence-corrected chi connectivity index (χ0v) is 12.7. The van der Waals surface area contributed by atoms with Crippen molar-refractivity contribution in [1.82, 2.24) is 5.32 Å². The van der Waals surface area contributed by atoms with Gasteiger partial charge in [-0.05, 0) is 37.6 Å². The number of nitriles is 1. The first-order valence-electron chi connectivity index (χ1n) is 7.23. The van der Waals surface area contributed by atoms with Crippen LogP contribution < -0.4 is 10.1 Å². The summed E-state index contributed by atoms with van der Waals surface area (Å²) in [6, 6.07) is 15.6. The molecule has 22 heavy (non-hydrogen) atoms. The second-order valence-electron chi connectivity index (χ2n) is 5.27. The molecule has 0 amide bonds. The highest BCUT2D eigenvalue weighted by Crippen LogP contribution is 2.20. The van der Waals surface area contributed by atoms with Crippen LogP contribution in [0.5, 0.6) is 5.75 Å². The topological polar surface area (TPSA) is 45.0 Å². The Bertz CT molecular complexity index is 664. The molecule has 0 bridgehead atoms. The van der Waals surface area contributed by atoms with Gasteiger partial charge in [0.1, 0.15) is 17.6 Å². The molecule has 0 fully saturated rings. The van der Waals surface area contributed by atoms with Crippen LogP contribution in [0.4, 0.5) is 4.39 Å². The van der Waals surface area contributed by atoms with E-state index in [1.807, 2.05) is 38.1 Å². The van der Waals surface area contributed by atoms with Gasteiger partial charge >= 0.3 is 0 Å². The standard InChI is InChI=1S/C18H19FN2O/c1-13(2)22-16-8-5-7-14(10-16)18(11-20)21-12-15-6-3-4-9-17(15)19/h3-10,13,18,21H,12H2,1-2H3. The van der Waals surface area contributed by atoms with Crippen LogP contribution in [0.3, 0.4) is 0 Å². The van der Waals surface area contributed by atoms with Crippen molar-refractivity contribution < 1.29 is 9.13 Å². The van der Waals surface area contributed by atoms with E-state index in [0.717, 1.165) is 11.3 Å². The minimum absolute atomic E-state index is 0.0714. The van der Waals surface area contributed by atoms with Gasteiger partial charge in [0.25, 0.3) is 0 Å². The van der Waals surface area contributed by atoms with E-state index in [9.17, 15) is 9.65 Å². The average molecular weight is 298 g/mol. The Morgan fingerprint density at radius 1 is 1.18 bits per heavy atom. The number of halogens is 1. The SMILES string of the molecule is CC(C)Oc1cccc(C(C#N)NCc2ccccc2F)c1. The molecular weight excluding hydrogens is 279 g/mol. The highest BCUT2D eigenvalue weighted by Gasteiger charge is 2.12. The van der Waals surface area contributed by atoms with Crippen LogP contribution in [0.2, 0.25) is 0 Å². The Hall–Kier alpha value is -2.38. The molecule has 0 aromatic heterocycles. The lowest BCUT2D eigenvalue weighted by Gasteiger charge is -2.15. The van der Waals surface area contributed by atoms with Gasteiger partial charge < -0.3 is 4.74 Å². The summed E-state index contributed by atoms with van der Waals surface area (Å²) in [4.78, 5) is 0. The van der Waals surface area contributed by atoms with Crippen LogP contribution in [0.1, 0.15) is 31.0 Å². The number of hydrogen-bond donors (Lipinski definition) is 1. The van der Waals surface area contributed by atoms with Crippen LogP contribution in [0, 0.1) is 17.1 Å². The molecule has 2 aromatic carbocycles. The summed E-state index contributed by atoms with van der Waals surface area (Å²) in [7, 11) is 0.